The van der Waals surface area contributed by atoms with Gasteiger partial charge in [0.2, 0.25) is 0 Å². The highest BCUT2D eigenvalue weighted by atomic mass is 15.1. The van der Waals surface area contributed by atoms with E-state index in [2.05, 4.69) is 39.8 Å². The molecule has 0 bridgehead atoms. The van der Waals surface area contributed by atoms with Crippen molar-refractivity contribution in [3.63, 3.8) is 0 Å². The number of aryl methyl sites for hydroxylation is 1. The van der Waals surface area contributed by atoms with Gasteiger partial charge >= 0.3 is 0 Å². The number of nitrogens with one attached hydrogen (secondary N) is 1. The van der Waals surface area contributed by atoms with E-state index in [1.54, 1.807) is 6.20 Å². The van der Waals surface area contributed by atoms with Crippen LogP contribution in [0.3, 0.4) is 0 Å². The molecule has 3 aromatic rings. The van der Waals surface area contributed by atoms with E-state index in [9.17, 15) is 0 Å². The summed E-state index contributed by atoms with van der Waals surface area (Å²) in [7, 11) is 0. The van der Waals surface area contributed by atoms with Crippen molar-refractivity contribution in [1.82, 2.24) is 10.2 Å². The number of rotatable bonds is 5. The van der Waals surface area contributed by atoms with Crippen molar-refractivity contribution in [2.45, 2.75) is 12.8 Å². The summed E-state index contributed by atoms with van der Waals surface area (Å²) in [6.45, 7) is 0.719. The molecule has 0 aliphatic carbocycles. The predicted octanol–water partition coefficient (Wildman–Crippen LogP) is 3.26. The summed E-state index contributed by atoms with van der Waals surface area (Å²) < 4.78 is 0. The van der Waals surface area contributed by atoms with Gasteiger partial charge in [-0.1, -0.05) is 30.3 Å². The Kier molecular flexibility index (Phi) is 4.07. The molecular formula is C17H18N4. The summed E-state index contributed by atoms with van der Waals surface area (Å²) in [5.41, 5.74) is 9.78. The van der Waals surface area contributed by atoms with Crippen LogP contribution in [0.1, 0.15) is 12.0 Å². The lowest BCUT2D eigenvalue weighted by atomic mass is 10.1. The van der Waals surface area contributed by atoms with Gasteiger partial charge in [0, 0.05) is 11.1 Å². The fraction of sp³-hybridized carbons (Fsp3) is 0.176. The maximum absolute atomic E-state index is 5.57. The Balaban J connectivity index is 1.88. The maximum Gasteiger partial charge on any atom is 0.0950 e. The summed E-state index contributed by atoms with van der Waals surface area (Å²) in [6.07, 6.45) is 3.76. The van der Waals surface area contributed by atoms with Crippen LogP contribution in [-0.2, 0) is 6.42 Å². The molecule has 21 heavy (non-hydrogen) atoms. The van der Waals surface area contributed by atoms with Crippen molar-refractivity contribution in [3.05, 3.63) is 60.3 Å². The zero-order valence-electron chi connectivity index (χ0n) is 11.8. The van der Waals surface area contributed by atoms with Gasteiger partial charge in [-0.25, -0.2) is 0 Å². The molecule has 3 N–H and O–H groups in total. The van der Waals surface area contributed by atoms with Crippen LogP contribution in [-0.4, -0.2) is 16.7 Å². The molecule has 0 aliphatic heterocycles. The fourth-order valence-corrected chi connectivity index (χ4v) is 2.37. The topological polar surface area (TPSA) is 63.8 Å². The van der Waals surface area contributed by atoms with Crippen LogP contribution in [0.5, 0.6) is 0 Å². The van der Waals surface area contributed by atoms with Crippen LogP contribution in [0.25, 0.3) is 10.9 Å². The third-order valence-electron chi connectivity index (χ3n) is 3.42. The number of nitrogens with zero attached hydrogens (tertiary/aromatic N) is 2. The van der Waals surface area contributed by atoms with Crippen LogP contribution < -0.4 is 11.1 Å². The number of aromatic nitrogens is 2. The third-order valence-corrected chi connectivity index (χ3v) is 3.42. The SMILES string of the molecule is NCCCc1cccc(Nc2cnnc3ccccc23)c1. The number of nitrogens with two attached hydrogens (primary N) is 1. The van der Waals surface area contributed by atoms with Crippen molar-refractivity contribution in [2.75, 3.05) is 11.9 Å². The first-order valence-corrected chi connectivity index (χ1v) is 7.13. The predicted molar refractivity (Wildman–Crippen MR) is 86.6 cm³/mol. The van der Waals surface area contributed by atoms with Crippen molar-refractivity contribution >= 4 is 22.3 Å². The lowest BCUT2D eigenvalue weighted by Crippen LogP contribution is -2.00. The van der Waals surface area contributed by atoms with E-state index in [1.165, 1.54) is 5.56 Å². The highest BCUT2D eigenvalue weighted by Gasteiger charge is 2.03. The van der Waals surface area contributed by atoms with E-state index in [-0.39, 0.29) is 0 Å². The van der Waals surface area contributed by atoms with Gasteiger partial charge in [0.25, 0.3) is 0 Å². The monoisotopic (exact) mass is 278 g/mol. The molecule has 0 unspecified atom stereocenters. The van der Waals surface area contributed by atoms with Crippen molar-refractivity contribution < 1.29 is 0 Å². The van der Waals surface area contributed by atoms with Crippen molar-refractivity contribution in [3.8, 4) is 0 Å². The highest BCUT2D eigenvalue weighted by Crippen LogP contribution is 2.24. The van der Waals surface area contributed by atoms with Gasteiger partial charge in [-0.2, -0.15) is 10.2 Å². The van der Waals surface area contributed by atoms with Gasteiger partial charge in [-0.05, 0) is 43.1 Å². The molecule has 0 atom stereocenters. The first kappa shape index (κ1) is 13.5. The second-order valence-electron chi connectivity index (χ2n) is 4.99. The molecule has 0 spiro atoms. The normalized spacial score (nSPS) is 10.7. The molecule has 0 fully saturated rings. The van der Waals surface area contributed by atoms with Crippen LogP contribution in [0.4, 0.5) is 11.4 Å². The van der Waals surface area contributed by atoms with Gasteiger partial charge in [0.1, 0.15) is 0 Å². The van der Waals surface area contributed by atoms with Crippen LogP contribution in [0, 0.1) is 0 Å². The molecule has 4 nitrogen and oxygen atoms in total. The average molecular weight is 278 g/mol. The Bertz CT molecular complexity index is 734. The Morgan fingerprint density at radius 2 is 1.95 bits per heavy atom. The zero-order chi connectivity index (χ0) is 14.5. The molecule has 3 rings (SSSR count). The quantitative estimate of drug-likeness (QED) is 0.752. The van der Waals surface area contributed by atoms with Gasteiger partial charge in [0.05, 0.1) is 17.4 Å². The fourth-order valence-electron chi connectivity index (χ4n) is 2.37. The van der Waals surface area contributed by atoms with Crippen LogP contribution in [0.2, 0.25) is 0 Å². The Labute approximate surface area is 124 Å². The second kappa shape index (κ2) is 6.33. The Morgan fingerprint density at radius 1 is 1.05 bits per heavy atom. The molecule has 0 amide bonds. The van der Waals surface area contributed by atoms with Crippen molar-refractivity contribution in [2.24, 2.45) is 5.73 Å². The number of benzene rings is 2. The van der Waals surface area contributed by atoms with Crippen LogP contribution in [0.15, 0.2) is 54.7 Å². The summed E-state index contributed by atoms with van der Waals surface area (Å²) in [4.78, 5) is 0. The van der Waals surface area contributed by atoms with Crippen LogP contribution >= 0.6 is 0 Å². The van der Waals surface area contributed by atoms with Gasteiger partial charge in [-0.3, -0.25) is 0 Å². The third kappa shape index (κ3) is 3.17. The minimum Gasteiger partial charge on any atom is -0.354 e. The minimum absolute atomic E-state index is 0.719. The van der Waals surface area contributed by atoms with E-state index in [1.807, 2.05) is 24.3 Å². The maximum atomic E-state index is 5.57. The number of anilines is 2. The standard InChI is InChI=1S/C17H18N4/c18-10-4-6-13-5-3-7-14(11-13)20-17-12-19-21-16-9-2-1-8-15(16)17/h1-3,5,7-9,11-12H,4,6,10,18H2,(H,20,21). The first-order chi connectivity index (χ1) is 10.4. The van der Waals surface area contributed by atoms with E-state index in [0.717, 1.165) is 41.7 Å². The molecule has 0 saturated heterocycles. The number of hydrogen-bond donors (Lipinski definition) is 2. The Hall–Kier alpha value is -2.46. The number of fused-ring (bicyclic) bond motifs is 1. The van der Waals surface area contributed by atoms with Gasteiger partial charge in [-0.15, -0.1) is 0 Å². The smallest absolute Gasteiger partial charge is 0.0950 e. The molecule has 2 aromatic carbocycles. The molecular weight excluding hydrogens is 260 g/mol. The molecule has 1 aromatic heterocycles. The Morgan fingerprint density at radius 3 is 2.86 bits per heavy atom. The minimum atomic E-state index is 0.719. The zero-order valence-corrected chi connectivity index (χ0v) is 11.8. The van der Waals surface area contributed by atoms with E-state index in [4.69, 9.17) is 5.73 Å². The average Bonchev–Trinajstić information content (AvgIpc) is 2.54. The largest absolute Gasteiger partial charge is 0.354 e. The highest BCUT2D eigenvalue weighted by molar-refractivity contribution is 5.92. The first-order valence-electron chi connectivity index (χ1n) is 7.13. The van der Waals surface area contributed by atoms with Gasteiger partial charge in [0.15, 0.2) is 0 Å². The summed E-state index contributed by atoms with van der Waals surface area (Å²) >= 11 is 0. The summed E-state index contributed by atoms with van der Waals surface area (Å²) in [5, 5.41) is 12.7. The number of hydrogen-bond acceptors (Lipinski definition) is 4. The van der Waals surface area contributed by atoms with Crippen molar-refractivity contribution in [1.29, 1.82) is 0 Å². The second-order valence-corrected chi connectivity index (χ2v) is 4.99. The van der Waals surface area contributed by atoms with E-state index >= 15 is 0 Å². The summed E-state index contributed by atoms with van der Waals surface area (Å²) in [6, 6.07) is 16.4. The van der Waals surface area contributed by atoms with E-state index in [0.29, 0.717) is 0 Å². The lowest BCUT2D eigenvalue weighted by molar-refractivity contribution is 0.833. The molecule has 0 aliphatic rings. The van der Waals surface area contributed by atoms with Gasteiger partial charge < -0.3 is 11.1 Å². The lowest BCUT2D eigenvalue weighted by Gasteiger charge is -2.10. The van der Waals surface area contributed by atoms with E-state index < -0.39 is 0 Å². The molecule has 106 valence electrons. The molecule has 4 heteroatoms. The molecule has 1 heterocycles. The summed E-state index contributed by atoms with van der Waals surface area (Å²) in [5.74, 6) is 0. The molecule has 0 saturated carbocycles. The molecule has 0 radical (unpaired) electrons.